The number of carbonyl (C=O) groups is 1. The number of aryl methyl sites for hydroxylation is 1. The molecule has 0 saturated heterocycles. The van der Waals surface area contributed by atoms with Gasteiger partial charge in [-0.15, -0.1) is 11.3 Å². The Balaban J connectivity index is 1.70. The van der Waals surface area contributed by atoms with Gasteiger partial charge >= 0.3 is 0 Å². The number of ether oxygens (including phenoxy) is 1. The van der Waals surface area contributed by atoms with Gasteiger partial charge in [0, 0.05) is 11.4 Å². The van der Waals surface area contributed by atoms with E-state index in [1.54, 1.807) is 19.2 Å². The van der Waals surface area contributed by atoms with Crippen LogP contribution >= 0.6 is 11.3 Å². The fraction of sp³-hybridized carbons (Fsp3) is 0.143. The van der Waals surface area contributed by atoms with Crippen molar-refractivity contribution in [2.45, 2.75) is 13.5 Å². The third-order valence-corrected chi connectivity index (χ3v) is 5.13. The molecule has 0 spiro atoms. The molecule has 0 aliphatic heterocycles. The van der Waals surface area contributed by atoms with Crippen molar-refractivity contribution in [1.82, 2.24) is 5.32 Å². The van der Waals surface area contributed by atoms with Crippen LogP contribution < -0.4 is 10.1 Å². The molecule has 4 nitrogen and oxygen atoms in total. The topological polar surface area (TPSA) is 62.1 Å². The molecule has 0 bridgehead atoms. The highest BCUT2D eigenvalue weighted by Crippen LogP contribution is 2.32. The van der Waals surface area contributed by atoms with E-state index >= 15 is 0 Å². The zero-order chi connectivity index (χ0) is 18.5. The molecule has 26 heavy (non-hydrogen) atoms. The van der Waals surface area contributed by atoms with E-state index in [9.17, 15) is 4.79 Å². The Hall–Kier alpha value is -3.10. The number of hydrogen-bond acceptors (Lipinski definition) is 4. The lowest BCUT2D eigenvalue weighted by molar-refractivity contribution is 0.0955. The first-order chi connectivity index (χ1) is 12.6. The number of benzene rings is 2. The molecule has 0 aliphatic carbocycles. The number of nitrogens with zero attached hydrogens (tertiary/aromatic N) is 1. The van der Waals surface area contributed by atoms with Crippen LogP contribution in [-0.2, 0) is 6.54 Å². The molecule has 5 heteroatoms. The van der Waals surface area contributed by atoms with E-state index in [1.165, 1.54) is 11.3 Å². The van der Waals surface area contributed by atoms with Crippen LogP contribution in [0, 0.1) is 18.3 Å². The summed E-state index contributed by atoms with van der Waals surface area (Å²) in [4.78, 5) is 14.2. The summed E-state index contributed by atoms with van der Waals surface area (Å²) in [6, 6.07) is 19.0. The molecule has 1 heterocycles. The van der Waals surface area contributed by atoms with Crippen molar-refractivity contribution in [3.8, 4) is 22.9 Å². The molecule has 0 radical (unpaired) electrons. The summed E-state index contributed by atoms with van der Waals surface area (Å²) >= 11 is 1.48. The van der Waals surface area contributed by atoms with Crippen LogP contribution in [-0.4, -0.2) is 13.0 Å². The molecule has 1 aromatic heterocycles. The third-order valence-electron chi connectivity index (χ3n) is 4.08. The average molecular weight is 362 g/mol. The summed E-state index contributed by atoms with van der Waals surface area (Å²) < 4.78 is 5.19. The highest BCUT2D eigenvalue weighted by Gasteiger charge is 2.13. The number of hydrogen-bond donors (Lipinski definition) is 1. The highest BCUT2D eigenvalue weighted by molar-refractivity contribution is 7.14. The molecule has 0 saturated carbocycles. The molecule has 1 amide bonds. The van der Waals surface area contributed by atoms with Crippen molar-refractivity contribution in [2.24, 2.45) is 0 Å². The Morgan fingerprint density at radius 1 is 1.15 bits per heavy atom. The zero-order valence-corrected chi connectivity index (χ0v) is 15.4. The maximum Gasteiger partial charge on any atom is 0.261 e. The first-order valence-electron chi connectivity index (χ1n) is 8.13. The van der Waals surface area contributed by atoms with Crippen LogP contribution in [0.4, 0.5) is 0 Å². The molecular weight excluding hydrogens is 344 g/mol. The fourth-order valence-electron chi connectivity index (χ4n) is 2.62. The second-order valence-corrected chi connectivity index (χ2v) is 7.06. The lowest BCUT2D eigenvalue weighted by Crippen LogP contribution is -2.21. The summed E-state index contributed by atoms with van der Waals surface area (Å²) in [5.74, 6) is 0.712. The van der Waals surface area contributed by atoms with Crippen molar-refractivity contribution in [2.75, 3.05) is 7.11 Å². The first-order valence-corrected chi connectivity index (χ1v) is 8.94. The molecule has 3 rings (SSSR count). The van der Waals surface area contributed by atoms with E-state index < -0.39 is 0 Å². The molecular formula is C21H18N2O2S. The molecule has 0 atom stereocenters. The van der Waals surface area contributed by atoms with E-state index in [2.05, 4.69) is 11.4 Å². The summed E-state index contributed by atoms with van der Waals surface area (Å²) in [7, 11) is 1.64. The smallest absolute Gasteiger partial charge is 0.261 e. The Labute approximate surface area is 156 Å². The number of carbonyl (C=O) groups excluding carboxylic acids is 1. The van der Waals surface area contributed by atoms with Crippen molar-refractivity contribution < 1.29 is 9.53 Å². The fourth-order valence-corrected chi connectivity index (χ4v) is 3.58. The predicted octanol–water partition coefficient (Wildman–Crippen LogP) is 4.53. The van der Waals surface area contributed by atoms with Gasteiger partial charge in [-0.25, -0.2) is 0 Å². The summed E-state index contributed by atoms with van der Waals surface area (Å²) in [6.07, 6.45) is 0. The highest BCUT2D eigenvalue weighted by atomic mass is 32.1. The molecule has 0 fully saturated rings. The third kappa shape index (κ3) is 3.93. The van der Waals surface area contributed by atoms with Gasteiger partial charge < -0.3 is 10.1 Å². The Morgan fingerprint density at radius 2 is 1.85 bits per heavy atom. The van der Waals surface area contributed by atoms with E-state index in [-0.39, 0.29) is 5.91 Å². The molecule has 0 aliphatic rings. The van der Waals surface area contributed by atoms with Crippen LogP contribution in [0.15, 0.2) is 54.6 Å². The number of rotatable bonds is 5. The summed E-state index contributed by atoms with van der Waals surface area (Å²) in [6.45, 7) is 2.45. The first kappa shape index (κ1) is 17.7. The largest absolute Gasteiger partial charge is 0.497 e. The summed E-state index contributed by atoms with van der Waals surface area (Å²) in [5.41, 5.74) is 3.69. The normalized spacial score (nSPS) is 10.2. The van der Waals surface area contributed by atoms with Crippen LogP contribution in [0.25, 0.3) is 11.1 Å². The molecule has 0 unspecified atom stereocenters. The lowest BCUT2D eigenvalue weighted by atomic mass is 10.1. The molecule has 1 N–H and O–H groups in total. The van der Waals surface area contributed by atoms with E-state index in [4.69, 9.17) is 10.00 Å². The minimum Gasteiger partial charge on any atom is -0.497 e. The van der Waals surface area contributed by atoms with Crippen LogP contribution in [0.1, 0.15) is 25.7 Å². The number of thiophene rings is 1. The van der Waals surface area contributed by atoms with Gasteiger partial charge in [-0.3, -0.25) is 4.79 Å². The predicted molar refractivity (Wildman–Crippen MR) is 103 cm³/mol. The van der Waals surface area contributed by atoms with Gasteiger partial charge in [0.2, 0.25) is 0 Å². The number of amides is 1. The van der Waals surface area contributed by atoms with Crippen molar-refractivity contribution in [3.05, 3.63) is 75.5 Å². The summed E-state index contributed by atoms with van der Waals surface area (Å²) in [5, 5.41) is 11.8. The van der Waals surface area contributed by atoms with Gasteiger partial charge in [0.15, 0.2) is 0 Å². The van der Waals surface area contributed by atoms with Gasteiger partial charge in [0.1, 0.15) is 5.75 Å². The van der Waals surface area contributed by atoms with Crippen molar-refractivity contribution in [1.29, 1.82) is 5.26 Å². The number of nitriles is 1. The zero-order valence-electron chi connectivity index (χ0n) is 14.6. The van der Waals surface area contributed by atoms with Gasteiger partial charge in [0.05, 0.1) is 23.6 Å². The molecule has 3 aromatic rings. The maximum absolute atomic E-state index is 12.5. The second-order valence-electron chi connectivity index (χ2n) is 5.80. The van der Waals surface area contributed by atoms with E-state index in [0.717, 1.165) is 27.3 Å². The van der Waals surface area contributed by atoms with Crippen molar-refractivity contribution in [3.63, 3.8) is 0 Å². The Kier molecular flexibility index (Phi) is 5.35. The molecule has 130 valence electrons. The van der Waals surface area contributed by atoms with Crippen LogP contribution in [0.5, 0.6) is 5.75 Å². The SMILES string of the molecule is COc1ccc(-c2cc(C(=O)NCc3ccc(C#N)cc3)sc2C)cc1. The maximum atomic E-state index is 12.5. The quantitative estimate of drug-likeness (QED) is 0.725. The monoisotopic (exact) mass is 362 g/mol. The van der Waals surface area contributed by atoms with E-state index in [1.807, 2.05) is 49.4 Å². The van der Waals surface area contributed by atoms with Gasteiger partial charge in [-0.1, -0.05) is 24.3 Å². The van der Waals surface area contributed by atoms with Crippen molar-refractivity contribution >= 4 is 17.2 Å². The lowest BCUT2D eigenvalue weighted by Gasteiger charge is -2.04. The Bertz CT molecular complexity index is 951. The minimum atomic E-state index is -0.0952. The number of methoxy groups -OCH3 is 1. The van der Waals surface area contributed by atoms with Gasteiger partial charge in [0.25, 0.3) is 5.91 Å². The minimum absolute atomic E-state index is 0.0952. The molecule has 2 aromatic carbocycles. The standard InChI is InChI=1S/C21H18N2O2S/c1-14-19(17-7-9-18(25-2)10-8-17)11-20(26-14)21(24)23-13-16-5-3-15(12-22)4-6-16/h3-11H,13H2,1-2H3,(H,23,24). The second kappa shape index (κ2) is 7.85. The van der Waals surface area contributed by atoms with Gasteiger partial charge in [-0.2, -0.15) is 5.26 Å². The average Bonchev–Trinajstić information content (AvgIpc) is 3.08. The van der Waals surface area contributed by atoms with Crippen LogP contribution in [0.3, 0.4) is 0 Å². The Morgan fingerprint density at radius 3 is 2.46 bits per heavy atom. The van der Waals surface area contributed by atoms with E-state index in [0.29, 0.717) is 17.0 Å². The van der Waals surface area contributed by atoms with Crippen LogP contribution in [0.2, 0.25) is 0 Å². The number of nitrogens with one attached hydrogen (secondary N) is 1. The van der Waals surface area contributed by atoms with Gasteiger partial charge in [-0.05, 0) is 53.9 Å².